The van der Waals surface area contributed by atoms with Crippen LogP contribution >= 0.6 is 0 Å². The molecule has 0 aliphatic carbocycles. The van der Waals surface area contributed by atoms with Crippen molar-refractivity contribution in [3.8, 4) is 0 Å². The van der Waals surface area contributed by atoms with E-state index in [0.717, 1.165) is 19.3 Å². The molecule has 1 aliphatic heterocycles. The minimum absolute atomic E-state index is 0.360. The molecule has 0 amide bonds. The molecule has 1 atom stereocenters. The predicted molar refractivity (Wildman–Crippen MR) is 84.6 cm³/mol. The van der Waals surface area contributed by atoms with E-state index in [1.165, 1.54) is 16.3 Å². The van der Waals surface area contributed by atoms with Gasteiger partial charge in [-0.1, -0.05) is 43.0 Å². The molecule has 0 N–H and O–H groups in total. The highest BCUT2D eigenvalue weighted by atomic mass is 28.4. The van der Waals surface area contributed by atoms with Crippen LogP contribution in [0.2, 0.25) is 13.1 Å². The summed E-state index contributed by atoms with van der Waals surface area (Å²) >= 11 is 0. The van der Waals surface area contributed by atoms with Crippen LogP contribution in [0.25, 0.3) is 0 Å². The van der Waals surface area contributed by atoms with Gasteiger partial charge in [0.15, 0.2) is 0 Å². The summed E-state index contributed by atoms with van der Waals surface area (Å²) in [5, 5.41) is 1.27. The molecule has 102 valence electrons. The van der Waals surface area contributed by atoms with Crippen molar-refractivity contribution in [3.05, 3.63) is 59.3 Å². The molecule has 1 fully saturated rings. The maximum absolute atomic E-state index is 6.34. The van der Waals surface area contributed by atoms with Crippen molar-refractivity contribution in [3.63, 3.8) is 0 Å². The highest BCUT2D eigenvalue weighted by Gasteiger charge is 2.36. The SMILES string of the molecule is C=C1/C(=C\C)CC(CCc2ccccc2)O[Si]1(C)C. The molecule has 1 aromatic carbocycles. The summed E-state index contributed by atoms with van der Waals surface area (Å²) in [4.78, 5) is 0. The predicted octanol–water partition coefficient (Wildman–Crippen LogP) is 4.65. The fourth-order valence-corrected chi connectivity index (χ4v) is 4.91. The Morgan fingerprint density at radius 2 is 2.00 bits per heavy atom. The second kappa shape index (κ2) is 5.89. The van der Waals surface area contributed by atoms with Gasteiger partial charge in [-0.15, -0.1) is 0 Å². The average Bonchev–Trinajstić information content (AvgIpc) is 2.41. The molecule has 1 nitrogen and oxygen atoms in total. The van der Waals surface area contributed by atoms with Crippen molar-refractivity contribution in [2.45, 2.75) is 45.4 Å². The number of hydrogen-bond acceptors (Lipinski definition) is 1. The Morgan fingerprint density at radius 3 is 2.63 bits per heavy atom. The molecule has 0 radical (unpaired) electrons. The number of benzene rings is 1. The molecule has 19 heavy (non-hydrogen) atoms. The highest BCUT2D eigenvalue weighted by molar-refractivity contribution is 6.79. The highest BCUT2D eigenvalue weighted by Crippen LogP contribution is 2.34. The lowest BCUT2D eigenvalue weighted by atomic mass is 10.0. The summed E-state index contributed by atoms with van der Waals surface area (Å²) in [5.41, 5.74) is 2.82. The van der Waals surface area contributed by atoms with Gasteiger partial charge in [0.2, 0.25) is 8.32 Å². The van der Waals surface area contributed by atoms with Crippen molar-refractivity contribution in [1.29, 1.82) is 0 Å². The van der Waals surface area contributed by atoms with Crippen LogP contribution in [0.5, 0.6) is 0 Å². The summed E-state index contributed by atoms with van der Waals surface area (Å²) in [6.45, 7) is 10.9. The third-order valence-corrected chi connectivity index (χ3v) is 6.67. The lowest BCUT2D eigenvalue weighted by Gasteiger charge is -2.38. The van der Waals surface area contributed by atoms with E-state index in [0.29, 0.717) is 6.10 Å². The van der Waals surface area contributed by atoms with Crippen LogP contribution in [0, 0.1) is 0 Å². The lowest BCUT2D eigenvalue weighted by Crippen LogP contribution is -2.43. The minimum Gasteiger partial charge on any atom is -0.410 e. The molecule has 1 aromatic rings. The van der Waals surface area contributed by atoms with Crippen molar-refractivity contribution < 1.29 is 4.43 Å². The molecule has 2 rings (SSSR count). The summed E-state index contributed by atoms with van der Waals surface area (Å²) in [6, 6.07) is 10.7. The van der Waals surface area contributed by atoms with Crippen LogP contribution in [0.15, 0.2) is 53.8 Å². The summed E-state index contributed by atoms with van der Waals surface area (Å²) < 4.78 is 6.34. The van der Waals surface area contributed by atoms with Gasteiger partial charge in [0, 0.05) is 6.10 Å². The fraction of sp³-hybridized carbons (Fsp3) is 0.412. The Balaban J connectivity index is 2.00. The van der Waals surface area contributed by atoms with Gasteiger partial charge in [0.25, 0.3) is 0 Å². The fourth-order valence-electron chi connectivity index (χ4n) is 2.71. The number of rotatable bonds is 3. The van der Waals surface area contributed by atoms with Crippen LogP contribution in [-0.4, -0.2) is 14.4 Å². The zero-order chi connectivity index (χ0) is 13.9. The van der Waals surface area contributed by atoms with Gasteiger partial charge < -0.3 is 4.43 Å². The van der Waals surface area contributed by atoms with Crippen molar-refractivity contribution in [2.24, 2.45) is 0 Å². The summed E-state index contributed by atoms with van der Waals surface area (Å²) in [5.74, 6) is 0. The first-order chi connectivity index (χ1) is 9.03. The van der Waals surface area contributed by atoms with E-state index in [1.54, 1.807) is 0 Å². The van der Waals surface area contributed by atoms with E-state index in [2.05, 4.69) is 63.0 Å². The van der Waals surface area contributed by atoms with Crippen molar-refractivity contribution in [1.82, 2.24) is 0 Å². The maximum Gasteiger partial charge on any atom is 0.218 e. The van der Waals surface area contributed by atoms with Crippen LogP contribution < -0.4 is 0 Å². The normalized spacial score (nSPS) is 24.7. The van der Waals surface area contributed by atoms with Crippen LogP contribution in [0.4, 0.5) is 0 Å². The Labute approximate surface area is 118 Å². The number of aryl methyl sites for hydroxylation is 1. The average molecular weight is 272 g/mol. The summed E-state index contributed by atoms with van der Waals surface area (Å²) in [6.07, 6.45) is 5.80. The second-order valence-electron chi connectivity index (χ2n) is 5.77. The van der Waals surface area contributed by atoms with Crippen LogP contribution in [0.3, 0.4) is 0 Å². The smallest absolute Gasteiger partial charge is 0.218 e. The summed E-state index contributed by atoms with van der Waals surface area (Å²) in [7, 11) is -1.74. The molecule has 2 heteroatoms. The van der Waals surface area contributed by atoms with Gasteiger partial charge in [-0.05, 0) is 55.6 Å². The molecule has 0 aromatic heterocycles. The second-order valence-corrected chi connectivity index (χ2v) is 9.63. The van der Waals surface area contributed by atoms with E-state index in [1.807, 2.05) is 0 Å². The molecule has 1 aliphatic rings. The topological polar surface area (TPSA) is 9.23 Å². The zero-order valence-electron chi connectivity index (χ0n) is 12.3. The third kappa shape index (κ3) is 3.46. The number of hydrogen-bond donors (Lipinski definition) is 0. The van der Waals surface area contributed by atoms with Gasteiger partial charge in [-0.2, -0.15) is 0 Å². The first-order valence-electron chi connectivity index (χ1n) is 7.09. The van der Waals surface area contributed by atoms with Crippen LogP contribution in [-0.2, 0) is 10.8 Å². The Morgan fingerprint density at radius 1 is 1.32 bits per heavy atom. The van der Waals surface area contributed by atoms with Gasteiger partial charge in [0.05, 0.1) is 0 Å². The molecule has 0 bridgehead atoms. The van der Waals surface area contributed by atoms with Crippen molar-refractivity contribution in [2.75, 3.05) is 0 Å². The standard InChI is InChI=1S/C17H24OSi/c1-5-16-13-17(18-19(3,4)14(16)2)12-11-15-9-7-6-8-10-15/h5-10,17H,2,11-13H2,1,3-4H3/b16-5-. The lowest BCUT2D eigenvalue weighted by molar-refractivity contribution is 0.177. The Kier molecular flexibility index (Phi) is 4.43. The third-order valence-electron chi connectivity index (χ3n) is 3.97. The molecular weight excluding hydrogens is 248 g/mol. The minimum atomic E-state index is -1.74. The van der Waals surface area contributed by atoms with Gasteiger partial charge in [-0.3, -0.25) is 0 Å². The van der Waals surface area contributed by atoms with E-state index in [9.17, 15) is 0 Å². The first kappa shape index (κ1) is 14.3. The largest absolute Gasteiger partial charge is 0.410 e. The molecular formula is C17H24OSi. The molecule has 0 saturated carbocycles. The quantitative estimate of drug-likeness (QED) is 0.727. The molecule has 0 spiro atoms. The molecule has 1 unspecified atom stereocenters. The van der Waals surface area contributed by atoms with Crippen molar-refractivity contribution >= 4 is 8.32 Å². The van der Waals surface area contributed by atoms with E-state index < -0.39 is 8.32 Å². The van der Waals surface area contributed by atoms with E-state index in [-0.39, 0.29) is 0 Å². The van der Waals surface area contributed by atoms with E-state index in [4.69, 9.17) is 4.43 Å². The molecule has 1 saturated heterocycles. The van der Waals surface area contributed by atoms with Gasteiger partial charge in [0.1, 0.15) is 0 Å². The first-order valence-corrected chi connectivity index (χ1v) is 10.0. The maximum atomic E-state index is 6.34. The monoisotopic (exact) mass is 272 g/mol. The molecule has 1 heterocycles. The Hall–Kier alpha value is -1.12. The van der Waals surface area contributed by atoms with Gasteiger partial charge in [-0.25, -0.2) is 0 Å². The Bertz CT molecular complexity index is 473. The zero-order valence-corrected chi connectivity index (χ0v) is 13.3. The van der Waals surface area contributed by atoms with Crippen LogP contribution in [0.1, 0.15) is 25.3 Å². The van der Waals surface area contributed by atoms with Gasteiger partial charge >= 0.3 is 0 Å². The number of allylic oxidation sites excluding steroid dienone is 2. The van der Waals surface area contributed by atoms with E-state index >= 15 is 0 Å².